The van der Waals surface area contributed by atoms with E-state index < -0.39 is 11.9 Å². The Hall–Kier alpha value is -1.14. The Morgan fingerprint density at radius 2 is 1.94 bits per heavy atom. The molecule has 0 spiro atoms. The van der Waals surface area contributed by atoms with Crippen molar-refractivity contribution in [2.75, 3.05) is 39.9 Å². The van der Waals surface area contributed by atoms with Crippen LogP contribution in [0, 0.1) is 5.92 Å². The lowest BCUT2D eigenvalue weighted by molar-refractivity contribution is -0.144. The number of carbonyl (C=O) groups is 2. The van der Waals surface area contributed by atoms with E-state index in [2.05, 4.69) is 0 Å². The quantitative estimate of drug-likeness (QED) is 0.719. The summed E-state index contributed by atoms with van der Waals surface area (Å²) in [6.45, 7) is 5.99. The smallest absolute Gasteiger partial charge is 0.310 e. The molecule has 104 valence electrons. The first kappa shape index (κ1) is 14.9. The number of carboxylic acids is 1. The van der Waals surface area contributed by atoms with Crippen LogP contribution in [-0.4, -0.2) is 72.7 Å². The molecule has 1 fully saturated rings. The van der Waals surface area contributed by atoms with E-state index in [0.717, 1.165) is 0 Å². The fraction of sp³-hybridized carbons (Fsp3) is 0.833. The summed E-state index contributed by atoms with van der Waals surface area (Å²) in [6.07, 6.45) is 0. The molecule has 2 unspecified atom stereocenters. The molecule has 1 saturated heterocycles. The Labute approximate surface area is 107 Å². The van der Waals surface area contributed by atoms with Gasteiger partial charge in [-0.3, -0.25) is 14.5 Å². The van der Waals surface area contributed by atoms with Crippen LogP contribution in [0.5, 0.6) is 0 Å². The number of ether oxygens (including phenoxy) is 1. The van der Waals surface area contributed by atoms with Gasteiger partial charge in [0.2, 0.25) is 5.91 Å². The minimum absolute atomic E-state index is 0.00962. The van der Waals surface area contributed by atoms with Crippen molar-refractivity contribution in [2.24, 2.45) is 5.92 Å². The second kappa shape index (κ2) is 6.70. The highest BCUT2D eigenvalue weighted by Crippen LogP contribution is 2.19. The largest absolute Gasteiger partial charge is 0.481 e. The maximum atomic E-state index is 11.9. The van der Waals surface area contributed by atoms with Gasteiger partial charge in [-0.05, 0) is 13.5 Å². The molecule has 0 radical (unpaired) electrons. The number of hydrogen-bond acceptors (Lipinski definition) is 4. The molecule has 1 rings (SSSR count). The van der Waals surface area contributed by atoms with Crippen LogP contribution in [0.15, 0.2) is 0 Å². The number of rotatable bonds is 6. The third kappa shape index (κ3) is 3.43. The molecule has 1 aliphatic rings. The van der Waals surface area contributed by atoms with E-state index in [1.807, 2.05) is 18.7 Å². The molecule has 6 nitrogen and oxygen atoms in total. The Balaban J connectivity index is 2.65. The lowest BCUT2D eigenvalue weighted by Crippen LogP contribution is -2.47. The average molecular weight is 258 g/mol. The zero-order chi connectivity index (χ0) is 13.7. The highest BCUT2D eigenvalue weighted by atomic mass is 16.5. The Morgan fingerprint density at radius 3 is 2.44 bits per heavy atom. The van der Waals surface area contributed by atoms with E-state index >= 15 is 0 Å². The third-order valence-electron chi connectivity index (χ3n) is 3.48. The van der Waals surface area contributed by atoms with Gasteiger partial charge in [0.1, 0.15) is 0 Å². The molecule has 1 N–H and O–H groups in total. The fourth-order valence-electron chi connectivity index (χ4n) is 2.07. The third-order valence-corrected chi connectivity index (χ3v) is 3.48. The SMILES string of the molecule is CCN(C)C(=O)CN(CC)C1COCC1C(=O)O. The summed E-state index contributed by atoms with van der Waals surface area (Å²) in [5, 5.41) is 9.12. The van der Waals surface area contributed by atoms with Crippen LogP contribution < -0.4 is 0 Å². The first-order valence-electron chi connectivity index (χ1n) is 6.29. The maximum Gasteiger partial charge on any atom is 0.310 e. The predicted molar refractivity (Wildman–Crippen MR) is 66.3 cm³/mol. The molecule has 0 bridgehead atoms. The second-order valence-electron chi connectivity index (χ2n) is 4.52. The molecule has 0 saturated carbocycles. The lowest BCUT2D eigenvalue weighted by Gasteiger charge is -2.29. The second-order valence-corrected chi connectivity index (χ2v) is 4.52. The Morgan fingerprint density at radius 1 is 1.28 bits per heavy atom. The summed E-state index contributed by atoms with van der Waals surface area (Å²) in [5.74, 6) is -1.38. The van der Waals surface area contributed by atoms with Gasteiger partial charge in [0.15, 0.2) is 0 Å². The van der Waals surface area contributed by atoms with Crippen LogP contribution in [0.4, 0.5) is 0 Å². The van der Waals surface area contributed by atoms with E-state index in [1.165, 1.54) is 0 Å². The average Bonchev–Trinajstić information content (AvgIpc) is 2.83. The topological polar surface area (TPSA) is 70.1 Å². The van der Waals surface area contributed by atoms with Gasteiger partial charge in [-0.25, -0.2) is 0 Å². The van der Waals surface area contributed by atoms with E-state index in [0.29, 0.717) is 19.7 Å². The van der Waals surface area contributed by atoms with Crippen molar-refractivity contribution in [1.29, 1.82) is 0 Å². The molecular weight excluding hydrogens is 236 g/mol. The number of carbonyl (C=O) groups excluding carboxylic acids is 1. The van der Waals surface area contributed by atoms with Crippen LogP contribution >= 0.6 is 0 Å². The van der Waals surface area contributed by atoms with Crippen molar-refractivity contribution in [3.05, 3.63) is 0 Å². The zero-order valence-electron chi connectivity index (χ0n) is 11.3. The van der Waals surface area contributed by atoms with Crippen molar-refractivity contribution >= 4 is 11.9 Å². The highest BCUT2D eigenvalue weighted by molar-refractivity contribution is 5.78. The Kier molecular flexibility index (Phi) is 5.55. The molecule has 6 heteroatoms. The summed E-state index contributed by atoms with van der Waals surface area (Å²) >= 11 is 0. The number of carboxylic acid groups (broad SMARTS) is 1. The Bertz CT molecular complexity index is 308. The number of amides is 1. The van der Waals surface area contributed by atoms with Crippen LogP contribution in [0.2, 0.25) is 0 Å². The minimum Gasteiger partial charge on any atom is -0.481 e. The molecule has 1 heterocycles. The van der Waals surface area contributed by atoms with Crippen molar-refractivity contribution in [3.8, 4) is 0 Å². The standard InChI is InChI=1S/C12H22N2O4/c1-4-13(3)11(15)6-14(5-2)10-8-18-7-9(10)12(16)17/h9-10H,4-8H2,1-3H3,(H,16,17). The van der Waals surface area contributed by atoms with Crippen LogP contribution in [0.1, 0.15) is 13.8 Å². The summed E-state index contributed by atoms with van der Waals surface area (Å²) < 4.78 is 5.23. The molecule has 1 aliphatic heterocycles. The van der Waals surface area contributed by atoms with Gasteiger partial charge in [0, 0.05) is 19.6 Å². The van der Waals surface area contributed by atoms with Crippen molar-refractivity contribution in [3.63, 3.8) is 0 Å². The normalized spacial score (nSPS) is 23.3. The maximum absolute atomic E-state index is 11.9. The van der Waals surface area contributed by atoms with Crippen molar-refractivity contribution in [2.45, 2.75) is 19.9 Å². The molecule has 18 heavy (non-hydrogen) atoms. The summed E-state index contributed by atoms with van der Waals surface area (Å²) in [6, 6.07) is -0.207. The number of likely N-dealkylation sites (N-methyl/N-ethyl adjacent to an activating group) is 2. The van der Waals surface area contributed by atoms with Crippen LogP contribution in [0.25, 0.3) is 0 Å². The van der Waals surface area contributed by atoms with E-state index in [-0.39, 0.29) is 25.1 Å². The van der Waals surface area contributed by atoms with Crippen molar-refractivity contribution in [1.82, 2.24) is 9.80 Å². The molecule has 0 aromatic rings. The van der Waals surface area contributed by atoms with Crippen LogP contribution in [-0.2, 0) is 14.3 Å². The highest BCUT2D eigenvalue weighted by Gasteiger charge is 2.38. The van der Waals surface area contributed by atoms with Gasteiger partial charge in [-0.2, -0.15) is 0 Å². The van der Waals surface area contributed by atoms with E-state index in [1.54, 1.807) is 11.9 Å². The van der Waals surface area contributed by atoms with Crippen LogP contribution in [0.3, 0.4) is 0 Å². The van der Waals surface area contributed by atoms with Gasteiger partial charge < -0.3 is 14.7 Å². The first-order chi connectivity index (χ1) is 8.51. The molecule has 0 aromatic heterocycles. The first-order valence-corrected chi connectivity index (χ1v) is 6.29. The molecule has 1 amide bonds. The van der Waals surface area contributed by atoms with Gasteiger partial charge in [0.05, 0.1) is 25.7 Å². The van der Waals surface area contributed by atoms with Crippen molar-refractivity contribution < 1.29 is 19.4 Å². The van der Waals surface area contributed by atoms with Gasteiger partial charge >= 0.3 is 5.97 Å². The number of hydrogen-bond donors (Lipinski definition) is 1. The number of aliphatic carboxylic acids is 1. The van der Waals surface area contributed by atoms with Gasteiger partial charge in [-0.15, -0.1) is 0 Å². The zero-order valence-corrected chi connectivity index (χ0v) is 11.3. The number of nitrogens with zero attached hydrogens (tertiary/aromatic N) is 2. The van der Waals surface area contributed by atoms with E-state index in [9.17, 15) is 9.59 Å². The monoisotopic (exact) mass is 258 g/mol. The van der Waals surface area contributed by atoms with E-state index in [4.69, 9.17) is 9.84 Å². The molecular formula is C12H22N2O4. The van der Waals surface area contributed by atoms with Gasteiger partial charge in [-0.1, -0.05) is 6.92 Å². The minimum atomic E-state index is -0.854. The molecule has 2 atom stereocenters. The summed E-state index contributed by atoms with van der Waals surface area (Å²) in [4.78, 5) is 26.5. The fourth-order valence-corrected chi connectivity index (χ4v) is 2.07. The predicted octanol–water partition coefficient (Wildman–Crippen LogP) is -0.114. The van der Waals surface area contributed by atoms with Gasteiger partial charge in [0.25, 0.3) is 0 Å². The lowest BCUT2D eigenvalue weighted by atomic mass is 10.0. The summed E-state index contributed by atoms with van der Waals surface area (Å²) in [5.41, 5.74) is 0. The summed E-state index contributed by atoms with van der Waals surface area (Å²) in [7, 11) is 1.75. The molecule has 0 aromatic carbocycles. The molecule has 0 aliphatic carbocycles.